The summed E-state index contributed by atoms with van der Waals surface area (Å²) >= 11 is 0. The summed E-state index contributed by atoms with van der Waals surface area (Å²) in [7, 11) is 0. The fourth-order valence-corrected chi connectivity index (χ4v) is 1.07. The fourth-order valence-electron chi connectivity index (χ4n) is 1.07. The molecule has 4 nitrogen and oxygen atoms in total. The van der Waals surface area contributed by atoms with Crippen molar-refractivity contribution in [1.29, 1.82) is 0 Å². The van der Waals surface area contributed by atoms with Crippen molar-refractivity contribution in [2.75, 3.05) is 17.7 Å². The van der Waals surface area contributed by atoms with E-state index in [1.807, 2.05) is 19.1 Å². The van der Waals surface area contributed by atoms with E-state index in [9.17, 15) is 4.79 Å². The molecule has 0 aliphatic heterocycles. The molecule has 0 aromatic heterocycles. The van der Waals surface area contributed by atoms with E-state index in [2.05, 4.69) is 5.32 Å². The van der Waals surface area contributed by atoms with Crippen LogP contribution in [0, 0.1) is 6.92 Å². The molecule has 0 unspecified atom stereocenters. The van der Waals surface area contributed by atoms with Gasteiger partial charge in [0.25, 0.3) is 0 Å². The highest BCUT2D eigenvalue weighted by Crippen LogP contribution is 2.21. The number of hydrogen-bond acceptors (Lipinski definition) is 3. The largest absolute Gasteiger partial charge is 0.450 e. The minimum absolute atomic E-state index is 0.345. The summed E-state index contributed by atoms with van der Waals surface area (Å²) < 4.78 is 4.74. The molecule has 1 aromatic carbocycles. The predicted octanol–water partition coefficient (Wildman–Crippen LogP) is 2.15. The summed E-state index contributed by atoms with van der Waals surface area (Å²) in [5.74, 6) is 0. The molecular formula is C10H14N2O2. The van der Waals surface area contributed by atoms with Crippen LogP contribution in [0.15, 0.2) is 18.2 Å². The number of benzene rings is 1. The van der Waals surface area contributed by atoms with Crippen LogP contribution in [0.3, 0.4) is 0 Å². The summed E-state index contributed by atoms with van der Waals surface area (Å²) in [4.78, 5) is 11.1. The van der Waals surface area contributed by atoms with Gasteiger partial charge in [0, 0.05) is 0 Å². The molecule has 4 heteroatoms. The summed E-state index contributed by atoms with van der Waals surface area (Å²) in [6, 6.07) is 5.44. The van der Waals surface area contributed by atoms with Gasteiger partial charge in [-0.1, -0.05) is 12.1 Å². The maximum atomic E-state index is 11.1. The third-order valence-electron chi connectivity index (χ3n) is 1.84. The molecule has 0 aliphatic rings. The van der Waals surface area contributed by atoms with E-state index < -0.39 is 6.09 Å². The van der Waals surface area contributed by atoms with Crippen LogP contribution in [-0.4, -0.2) is 12.7 Å². The van der Waals surface area contributed by atoms with Crippen molar-refractivity contribution < 1.29 is 9.53 Å². The van der Waals surface area contributed by atoms with Crippen LogP contribution >= 0.6 is 0 Å². The third kappa shape index (κ3) is 2.39. The molecule has 0 heterocycles. The van der Waals surface area contributed by atoms with Crippen molar-refractivity contribution in [3.05, 3.63) is 23.8 Å². The molecular weight excluding hydrogens is 180 g/mol. The second-order valence-corrected chi connectivity index (χ2v) is 2.88. The quantitative estimate of drug-likeness (QED) is 0.709. The monoisotopic (exact) mass is 194 g/mol. The lowest BCUT2D eigenvalue weighted by Crippen LogP contribution is -2.14. The van der Waals surface area contributed by atoms with Crippen molar-refractivity contribution >= 4 is 17.5 Å². The van der Waals surface area contributed by atoms with Crippen LogP contribution in [0.1, 0.15) is 12.5 Å². The van der Waals surface area contributed by atoms with E-state index in [1.54, 1.807) is 13.0 Å². The van der Waals surface area contributed by atoms with Crippen molar-refractivity contribution in [3.8, 4) is 0 Å². The Bertz CT molecular complexity index is 337. The number of anilines is 2. The first-order valence-electron chi connectivity index (χ1n) is 4.44. The number of carbonyl (C=O) groups is 1. The highest BCUT2D eigenvalue weighted by atomic mass is 16.5. The number of ether oxygens (including phenoxy) is 1. The number of rotatable bonds is 2. The van der Waals surface area contributed by atoms with E-state index in [0.29, 0.717) is 18.0 Å². The van der Waals surface area contributed by atoms with Crippen molar-refractivity contribution in [2.45, 2.75) is 13.8 Å². The Kier molecular flexibility index (Phi) is 3.34. The van der Waals surface area contributed by atoms with Crippen molar-refractivity contribution in [1.82, 2.24) is 0 Å². The molecule has 3 N–H and O–H groups in total. The number of para-hydroxylation sites is 1. The molecule has 0 fully saturated rings. The van der Waals surface area contributed by atoms with Crippen LogP contribution in [0.2, 0.25) is 0 Å². The zero-order valence-electron chi connectivity index (χ0n) is 8.33. The zero-order valence-corrected chi connectivity index (χ0v) is 8.33. The van der Waals surface area contributed by atoms with E-state index in [4.69, 9.17) is 10.5 Å². The molecule has 0 radical (unpaired) electrons. The van der Waals surface area contributed by atoms with Gasteiger partial charge in [-0.2, -0.15) is 0 Å². The van der Waals surface area contributed by atoms with Crippen LogP contribution < -0.4 is 11.1 Å². The Morgan fingerprint density at radius 3 is 2.93 bits per heavy atom. The number of nitrogens with one attached hydrogen (secondary N) is 1. The van der Waals surface area contributed by atoms with Crippen molar-refractivity contribution in [3.63, 3.8) is 0 Å². The summed E-state index contributed by atoms with van der Waals surface area (Å²) in [5, 5.41) is 2.57. The summed E-state index contributed by atoms with van der Waals surface area (Å²) in [5.41, 5.74) is 7.84. The standard InChI is InChI=1S/C10H14N2O2/c1-3-14-10(13)12-8-6-4-5-7(2)9(8)11/h4-6H,3,11H2,1-2H3,(H,12,13). The molecule has 76 valence electrons. The number of amides is 1. The average Bonchev–Trinajstić information content (AvgIpc) is 2.13. The Labute approximate surface area is 83.1 Å². The van der Waals surface area contributed by atoms with Gasteiger partial charge in [-0.25, -0.2) is 4.79 Å². The van der Waals surface area contributed by atoms with Gasteiger partial charge in [-0.3, -0.25) is 5.32 Å². The Balaban J connectivity index is 2.76. The van der Waals surface area contributed by atoms with Crippen LogP contribution in [-0.2, 0) is 4.74 Å². The van der Waals surface area contributed by atoms with Gasteiger partial charge in [0.2, 0.25) is 0 Å². The number of aryl methyl sites for hydroxylation is 1. The lowest BCUT2D eigenvalue weighted by molar-refractivity contribution is 0.168. The van der Waals surface area contributed by atoms with Gasteiger partial charge < -0.3 is 10.5 Å². The first-order valence-corrected chi connectivity index (χ1v) is 4.44. The van der Waals surface area contributed by atoms with Crippen molar-refractivity contribution in [2.24, 2.45) is 0 Å². The topological polar surface area (TPSA) is 64.3 Å². The SMILES string of the molecule is CCOC(=O)Nc1cccc(C)c1N. The molecule has 0 bridgehead atoms. The zero-order chi connectivity index (χ0) is 10.6. The number of nitrogens with two attached hydrogens (primary N) is 1. The molecule has 1 rings (SSSR count). The van der Waals surface area contributed by atoms with Gasteiger partial charge in [0.05, 0.1) is 18.0 Å². The highest BCUT2D eigenvalue weighted by molar-refractivity contribution is 5.89. The van der Waals surface area contributed by atoms with Gasteiger partial charge in [0.15, 0.2) is 0 Å². The first kappa shape index (κ1) is 10.4. The van der Waals surface area contributed by atoms with E-state index in [1.165, 1.54) is 0 Å². The molecule has 0 spiro atoms. The second-order valence-electron chi connectivity index (χ2n) is 2.88. The molecule has 0 aliphatic carbocycles. The summed E-state index contributed by atoms with van der Waals surface area (Å²) in [6.45, 7) is 3.97. The van der Waals surface area contributed by atoms with E-state index in [0.717, 1.165) is 5.56 Å². The maximum Gasteiger partial charge on any atom is 0.411 e. The van der Waals surface area contributed by atoms with Crippen LogP contribution in [0.5, 0.6) is 0 Å². The molecule has 1 amide bonds. The highest BCUT2D eigenvalue weighted by Gasteiger charge is 2.05. The first-order chi connectivity index (χ1) is 6.65. The minimum Gasteiger partial charge on any atom is -0.450 e. The van der Waals surface area contributed by atoms with Crippen LogP contribution in [0.4, 0.5) is 16.2 Å². The van der Waals surface area contributed by atoms with E-state index in [-0.39, 0.29) is 0 Å². The molecule has 0 saturated heterocycles. The smallest absolute Gasteiger partial charge is 0.411 e. The number of nitrogen functional groups attached to an aromatic ring is 1. The lowest BCUT2D eigenvalue weighted by atomic mass is 10.2. The average molecular weight is 194 g/mol. The van der Waals surface area contributed by atoms with Gasteiger partial charge in [-0.15, -0.1) is 0 Å². The van der Waals surface area contributed by atoms with E-state index >= 15 is 0 Å². The van der Waals surface area contributed by atoms with Gasteiger partial charge >= 0.3 is 6.09 Å². The Hall–Kier alpha value is -1.71. The molecule has 0 atom stereocenters. The molecule has 0 saturated carbocycles. The van der Waals surface area contributed by atoms with Gasteiger partial charge in [-0.05, 0) is 25.5 Å². The Morgan fingerprint density at radius 2 is 2.29 bits per heavy atom. The Morgan fingerprint density at radius 1 is 1.57 bits per heavy atom. The number of hydrogen-bond donors (Lipinski definition) is 2. The third-order valence-corrected chi connectivity index (χ3v) is 1.84. The normalized spacial score (nSPS) is 9.57. The number of carbonyl (C=O) groups excluding carboxylic acids is 1. The molecule has 1 aromatic rings. The van der Waals surface area contributed by atoms with Crippen LogP contribution in [0.25, 0.3) is 0 Å². The van der Waals surface area contributed by atoms with Gasteiger partial charge in [0.1, 0.15) is 0 Å². The molecule has 14 heavy (non-hydrogen) atoms. The second kappa shape index (κ2) is 4.50. The lowest BCUT2D eigenvalue weighted by Gasteiger charge is -2.09. The fraction of sp³-hybridized carbons (Fsp3) is 0.300. The summed E-state index contributed by atoms with van der Waals surface area (Å²) in [6.07, 6.45) is -0.482. The predicted molar refractivity (Wildman–Crippen MR) is 56.2 cm³/mol. The minimum atomic E-state index is -0.482. The maximum absolute atomic E-state index is 11.1.